The van der Waals surface area contributed by atoms with Gasteiger partial charge in [-0.1, -0.05) is 6.07 Å². The average Bonchev–Trinajstić information content (AvgIpc) is 2.63. The summed E-state index contributed by atoms with van der Waals surface area (Å²) in [5, 5.41) is 6.51. The van der Waals surface area contributed by atoms with E-state index in [9.17, 15) is 0 Å². The van der Waals surface area contributed by atoms with Crippen LogP contribution < -0.4 is 0 Å². The van der Waals surface area contributed by atoms with Gasteiger partial charge in [0.25, 0.3) is 0 Å². The monoisotopic (exact) mass is 192 g/mol. The molecule has 0 amide bonds. The molecule has 2 rings (SSSR count). The number of aryl methyl sites for hydroxylation is 2. The number of thiophene rings is 1. The maximum absolute atomic E-state index is 4.41. The third-order valence-electron chi connectivity index (χ3n) is 1.99. The van der Waals surface area contributed by atoms with Crippen LogP contribution in [0.15, 0.2) is 23.6 Å². The molecule has 0 bridgehead atoms. The second kappa shape index (κ2) is 3.34. The van der Waals surface area contributed by atoms with Gasteiger partial charge in [-0.15, -0.1) is 11.3 Å². The summed E-state index contributed by atoms with van der Waals surface area (Å²) in [7, 11) is 0. The molecule has 0 aliphatic heterocycles. The third-order valence-corrected chi connectivity index (χ3v) is 2.85. The highest BCUT2D eigenvalue weighted by atomic mass is 32.1. The molecule has 2 aromatic rings. The third kappa shape index (κ3) is 1.80. The standard InChI is InChI=1S/C10H12N2S/c1-8-6-9(2)12(11-8)7-10-4-3-5-13-10/h3-6H,7H2,1-2H3. The maximum Gasteiger partial charge on any atom is 0.0755 e. The van der Waals surface area contributed by atoms with Crippen LogP contribution in [0.4, 0.5) is 0 Å². The quantitative estimate of drug-likeness (QED) is 0.715. The SMILES string of the molecule is Cc1cc(C)n(Cc2cccs2)n1. The van der Waals surface area contributed by atoms with E-state index >= 15 is 0 Å². The van der Waals surface area contributed by atoms with E-state index in [-0.39, 0.29) is 0 Å². The van der Waals surface area contributed by atoms with Crippen LogP contribution in [0.1, 0.15) is 16.3 Å². The number of rotatable bonds is 2. The summed E-state index contributed by atoms with van der Waals surface area (Å²) in [6.07, 6.45) is 0. The van der Waals surface area contributed by atoms with Crippen LogP contribution >= 0.6 is 11.3 Å². The van der Waals surface area contributed by atoms with Crippen LogP contribution in [-0.2, 0) is 6.54 Å². The second-order valence-electron chi connectivity index (χ2n) is 3.16. The lowest BCUT2D eigenvalue weighted by atomic mass is 10.4. The number of nitrogens with zero attached hydrogens (tertiary/aromatic N) is 2. The van der Waals surface area contributed by atoms with Crippen molar-refractivity contribution in [3.63, 3.8) is 0 Å². The summed E-state index contributed by atoms with van der Waals surface area (Å²) >= 11 is 1.77. The van der Waals surface area contributed by atoms with Gasteiger partial charge in [-0.3, -0.25) is 4.68 Å². The van der Waals surface area contributed by atoms with Gasteiger partial charge in [0, 0.05) is 10.6 Å². The summed E-state index contributed by atoms with van der Waals surface area (Å²) in [6, 6.07) is 6.32. The first-order valence-electron chi connectivity index (χ1n) is 4.29. The van der Waals surface area contributed by atoms with Gasteiger partial charge in [-0.25, -0.2) is 0 Å². The van der Waals surface area contributed by atoms with E-state index in [1.165, 1.54) is 10.6 Å². The molecule has 0 atom stereocenters. The zero-order valence-electron chi connectivity index (χ0n) is 7.82. The Bertz CT molecular complexity index is 387. The lowest BCUT2D eigenvalue weighted by Crippen LogP contribution is -2.01. The molecule has 68 valence electrons. The molecule has 0 aliphatic rings. The minimum absolute atomic E-state index is 0.900. The van der Waals surface area contributed by atoms with E-state index in [0.717, 1.165) is 12.2 Å². The molecule has 0 N–H and O–H groups in total. The van der Waals surface area contributed by atoms with Crippen molar-refractivity contribution in [2.75, 3.05) is 0 Å². The van der Waals surface area contributed by atoms with E-state index in [2.05, 4.69) is 35.6 Å². The summed E-state index contributed by atoms with van der Waals surface area (Å²) < 4.78 is 2.04. The van der Waals surface area contributed by atoms with Gasteiger partial charge in [-0.05, 0) is 31.4 Å². The molecular formula is C10H12N2S. The summed E-state index contributed by atoms with van der Waals surface area (Å²) in [5.74, 6) is 0. The van der Waals surface area contributed by atoms with E-state index in [4.69, 9.17) is 0 Å². The molecule has 13 heavy (non-hydrogen) atoms. The lowest BCUT2D eigenvalue weighted by molar-refractivity contribution is 0.666. The number of hydrogen-bond donors (Lipinski definition) is 0. The predicted octanol–water partition coefficient (Wildman–Crippen LogP) is 2.61. The van der Waals surface area contributed by atoms with Gasteiger partial charge >= 0.3 is 0 Å². The minimum Gasteiger partial charge on any atom is -0.264 e. The van der Waals surface area contributed by atoms with Crippen LogP contribution in [0.5, 0.6) is 0 Å². The molecule has 2 aromatic heterocycles. The van der Waals surface area contributed by atoms with Crippen LogP contribution in [0.2, 0.25) is 0 Å². The van der Waals surface area contributed by atoms with Crippen molar-refractivity contribution in [1.29, 1.82) is 0 Å². The Labute approximate surface area is 81.8 Å². The fraction of sp³-hybridized carbons (Fsp3) is 0.300. The van der Waals surface area contributed by atoms with Crippen LogP contribution in [0.3, 0.4) is 0 Å². The molecule has 0 radical (unpaired) electrons. The Kier molecular flexibility index (Phi) is 2.19. The van der Waals surface area contributed by atoms with E-state index in [0.29, 0.717) is 0 Å². The van der Waals surface area contributed by atoms with Crippen molar-refractivity contribution >= 4 is 11.3 Å². The Morgan fingerprint density at radius 1 is 1.46 bits per heavy atom. The highest BCUT2D eigenvalue weighted by molar-refractivity contribution is 7.09. The van der Waals surface area contributed by atoms with Crippen molar-refractivity contribution in [3.8, 4) is 0 Å². The molecule has 0 aromatic carbocycles. The molecule has 2 nitrogen and oxygen atoms in total. The molecular weight excluding hydrogens is 180 g/mol. The zero-order valence-corrected chi connectivity index (χ0v) is 8.64. The van der Waals surface area contributed by atoms with Gasteiger partial charge < -0.3 is 0 Å². The van der Waals surface area contributed by atoms with Crippen LogP contribution in [0, 0.1) is 13.8 Å². The smallest absolute Gasteiger partial charge is 0.0755 e. The second-order valence-corrected chi connectivity index (χ2v) is 4.20. The average molecular weight is 192 g/mol. The normalized spacial score (nSPS) is 10.6. The lowest BCUT2D eigenvalue weighted by Gasteiger charge is -2.00. The van der Waals surface area contributed by atoms with Gasteiger partial charge in [0.1, 0.15) is 0 Å². The minimum atomic E-state index is 0.900. The van der Waals surface area contributed by atoms with Crippen molar-refractivity contribution in [3.05, 3.63) is 39.8 Å². The molecule has 0 aliphatic carbocycles. The molecule has 0 unspecified atom stereocenters. The molecule has 2 heterocycles. The Morgan fingerprint density at radius 3 is 2.85 bits per heavy atom. The molecule has 0 fully saturated rings. The Morgan fingerprint density at radius 2 is 2.31 bits per heavy atom. The van der Waals surface area contributed by atoms with Gasteiger partial charge in [0.05, 0.1) is 12.2 Å². The van der Waals surface area contributed by atoms with Crippen LogP contribution in [-0.4, -0.2) is 9.78 Å². The first kappa shape index (κ1) is 8.51. The molecule has 3 heteroatoms. The summed E-state index contributed by atoms with van der Waals surface area (Å²) in [6.45, 7) is 5.02. The van der Waals surface area contributed by atoms with Crippen molar-refractivity contribution in [2.45, 2.75) is 20.4 Å². The van der Waals surface area contributed by atoms with Gasteiger partial charge in [0.15, 0.2) is 0 Å². The summed E-state index contributed by atoms with van der Waals surface area (Å²) in [4.78, 5) is 1.35. The summed E-state index contributed by atoms with van der Waals surface area (Å²) in [5.41, 5.74) is 2.32. The van der Waals surface area contributed by atoms with Crippen LogP contribution in [0.25, 0.3) is 0 Å². The van der Waals surface area contributed by atoms with Crippen molar-refractivity contribution < 1.29 is 0 Å². The zero-order chi connectivity index (χ0) is 9.26. The first-order chi connectivity index (χ1) is 6.25. The van der Waals surface area contributed by atoms with E-state index in [1.807, 2.05) is 11.6 Å². The van der Waals surface area contributed by atoms with Gasteiger partial charge in [-0.2, -0.15) is 5.10 Å². The van der Waals surface area contributed by atoms with E-state index < -0.39 is 0 Å². The maximum atomic E-state index is 4.41. The Hall–Kier alpha value is -1.09. The first-order valence-corrected chi connectivity index (χ1v) is 5.17. The molecule has 0 spiro atoms. The van der Waals surface area contributed by atoms with E-state index in [1.54, 1.807) is 11.3 Å². The van der Waals surface area contributed by atoms with Crippen molar-refractivity contribution in [1.82, 2.24) is 9.78 Å². The highest BCUT2D eigenvalue weighted by Gasteiger charge is 2.01. The predicted molar refractivity (Wildman–Crippen MR) is 55.1 cm³/mol. The Balaban J connectivity index is 2.23. The topological polar surface area (TPSA) is 17.8 Å². The number of aromatic nitrogens is 2. The molecule has 0 saturated carbocycles. The fourth-order valence-electron chi connectivity index (χ4n) is 1.39. The fourth-order valence-corrected chi connectivity index (χ4v) is 2.07. The largest absolute Gasteiger partial charge is 0.264 e. The number of hydrogen-bond acceptors (Lipinski definition) is 2. The highest BCUT2D eigenvalue weighted by Crippen LogP contribution is 2.12. The van der Waals surface area contributed by atoms with Gasteiger partial charge in [0.2, 0.25) is 0 Å². The molecule has 0 saturated heterocycles. The van der Waals surface area contributed by atoms with Crippen molar-refractivity contribution in [2.24, 2.45) is 0 Å².